The largest absolute Gasteiger partial charge is 0.334 e. The number of carbonyl (C=O) groups excluding carboxylic acids is 1. The fourth-order valence-corrected chi connectivity index (χ4v) is 4.06. The lowest BCUT2D eigenvalue weighted by Gasteiger charge is -2.34. The molecule has 0 aromatic carbocycles. The molecule has 1 aromatic heterocycles. The van der Waals surface area contributed by atoms with Gasteiger partial charge in [0.25, 0.3) is 0 Å². The van der Waals surface area contributed by atoms with Gasteiger partial charge in [-0.05, 0) is 38.2 Å². The molecule has 2 heterocycles. The summed E-state index contributed by atoms with van der Waals surface area (Å²) in [5.74, 6) is 0.154. The van der Waals surface area contributed by atoms with Crippen LogP contribution in [0.3, 0.4) is 0 Å². The summed E-state index contributed by atoms with van der Waals surface area (Å²) in [6, 6.07) is 1.92. The minimum atomic E-state index is -3.21. The maximum atomic E-state index is 12.7. The van der Waals surface area contributed by atoms with E-state index in [1.165, 1.54) is 18.4 Å². The first-order valence-electron chi connectivity index (χ1n) is 8.85. The molecule has 1 aliphatic carbocycles. The molecule has 1 atom stereocenters. The van der Waals surface area contributed by atoms with E-state index < -0.39 is 10.0 Å². The number of sulfonamides is 1. The Bertz CT molecular complexity index is 754. The number of allylic oxidation sites excluding steroid dienone is 1. The van der Waals surface area contributed by atoms with Gasteiger partial charge in [0.2, 0.25) is 15.9 Å². The molecule has 138 valence electrons. The van der Waals surface area contributed by atoms with Gasteiger partial charge in [-0.2, -0.15) is 5.10 Å². The minimum Gasteiger partial charge on any atom is -0.334 e. The highest BCUT2D eigenvalue weighted by Crippen LogP contribution is 2.26. The van der Waals surface area contributed by atoms with E-state index in [0.717, 1.165) is 24.8 Å². The van der Waals surface area contributed by atoms with Crippen LogP contribution >= 0.6 is 0 Å². The van der Waals surface area contributed by atoms with Gasteiger partial charge in [-0.3, -0.25) is 9.48 Å². The molecule has 0 bridgehead atoms. The van der Waals surface area contributed by atoms with Crippen LogP contribution < -0.4 is 4.72 Å². The van der Waals surface area contributed by atoms with Gasteiger partial charge in [-0.1, -0.05) is 11.6 Å². The minimum absolute atomic E-state index is 0.00251. The molecule has 0 fully saturated rings. The summed E-state index contributed by atoms with van der Waals surface area (Å²) >= 11 is 0. The van der Waals surface area contributed by atoms with Crippen LogP contribution in [0.5, 0.6) is 0 Å². The Hall–Kier alpha value is -1.67. The Morgan fingerprint density at radius 2 is 2.24 bits per heavy atom. The Labute approximate surface area is 149 Å². The van der Waals surface area contributed by atoms with Crippen molar-refractivity contribution in [3.05, 3.63) is 29.6 Å². The summed E-state index contributed by atoms with van der Waals surface area (Å²) in [5.41, 5.74) is 2.26. The molecule has 0 saturated carbocycles. The van der Waals surface area contributed by atoms with E-state index >= 15 is 0 Å². The predicted molar refractivity (Wildman–Crippen MR) is 95.3 cm³/mol. The standard InChI is InChI=1S/C17H26N4O3S/c1-25(23,24)19-10-8-16-13-20(12-15-7-9-18-21(15)16)17(22)11-14-5-3-2-4-6-14/h5,7,9,16,19H,2-4,6,8,10-13H2,1H3. The number of hydrogen-bond donors (Lipinski definition) is 1. The number of hydrogen-bond acceptors (Lipinski definition) is 4. The van der Waals surface area contributed by atoms with E-state index in [-0.39, 0.29) is 11.9 Å². The van der Waals surface area contributed by atoms with Crippen LogP contribution in [0.25, 0.3) is 0 Å². The molecule has 0 saturated heterocycles. The molecule has 1 amide bonds. The van der Waals surface area contributed by atoms with E-state index in [4.69, 9.17) is 0 Å². The Kier molecular flexibility index (Phi) is 5.58. The lowest BCUT2D eigenvalue weighted by Crippen LogP contribution is -2.42. The second kappa shape index (κ2) is 7.70. The van der Waals surface area contributed by atoms with Crippen molar-refractivity contribution < 1.29 is 13.2 Å². The molecule has 3 rings (SSSR count). The zero-order valence-electron chi connectivity index (χ0n) is 14.6. The maximum absolute atomic E-state index is 12.7. The zero-order valence-corrected chi connectivity index (χ0v) is 15.5. The van der Waals surface area contributed by atoms with Crippen molar-refractivity contribution in [1.82, 2.24) is 19.4 Å². The van der Waals surface area contributed by atoms with Gasteiger partial charge in [-0.25, -0.2) is 13.1 Å². The van der Waals surface area contributed by atoms with Crippen molar-refractivity contribution in [3.8, 4) is 0 Å². The van der Waals surface area contributed by atoms with Crippen LogP contribution in [-0.2, 0) is 21.4 Å². The van der Waals surface area contributed by atoms with E-state index in [1.807, 2.05) is 15.6 Å². The number of carbonyl (C=O) groups is 1. The lowest BCUT2D eigenvalue weighted by atomic mass is 9.96. The summed E-state index contributed by atoms with van der Waals surface area (Å²) in [7, 11) is -3.21. The molecule has 7 nitrogen and oxygen atoms in total. The molecule has 1 aromatic rings. The molecular formula is C17H26N4O3S. The number of nitrogens with one attached hydrogen (secondary N) is 1. The van der Waals surface area contributed by atoms with E-state index in [1.54, 1.807) is 6.20 Å². The number of amides is 1. The van der Waals surface area contributed by atoms with E-state index in [0.29, 0.717) is 32.5 Å². The van der Waals surface area contributed by atoms with Crippen molar-refractivity contribution in [2.24, 2.45) is 0 Å². The molecule has 25 heavy (non-hydrogen) atoms. The second-order valence-corrected chi connectivity index (χ2v) is 8.77. The summed E-state index contributed by atoms with van der Waals surface area (Å²) in [4.78, 5) is 14.6. The monoisotopic (exact) mass is 366 g/mol. The molecule has 0 radical (unpaired) electrons. The second-order valence-electron chi connectivity index (χ2n) is 6.94. The van der Waals surface area contributed by atoms with Crippen LogP contribution in [0.2, 0.25) is 0 Å². The average Bonchev–Trinajstić information content (AvgIpc) is 3.03. The highest BCUT2D eigenvalue weighted by atomic mass is 32.2. The van der Waals surface area contributed by atoms with Crippen LogP contribution in [0.15, 0.2) is 23.9 Å². The topological polar surface area (TPSA) is 84.3 Å². The number of fused-ring (bicyclic) bond motifs is 1. The molecule has 8 heteroatoms. The van der Waals surface area contributed by atoms with Crippen molar-refractivity contribution in [2.75, 3.05) is 19.3 Å². The van der Waals surface area contributed by atoms with Gasteiger partial charge >= 0.3 is 0 Å². The lowest BCUT2D eigenvalue weighted by molar-refractivity contribution is -0.132. The maximum Gasteiger partial charge on any atom is 0.227 e. The third kappa shape index (κ3) is 4.92. The highest BCUT2D eigenvalue weighted by Gasteiger charge is 2.28. The van der Waals surface area contributed by atoms with Crippen molar-refractivity contribution >= 4 is 15.9 Å². The Balaban J connectivity index is 1.64. The SMILES string of the molecule is CS(=O)(=O)NCCC1CN(C(=O)CC2=CCCCC2)Cc2ccnn21. The first kappa shape index (κ1) is 18.1. The third-order valence-corrected chi connectivity index (χ3v) is 5.57. The van der Waals surface area contributed by atoms with Crippen LogP contribution in [0, 0.1) is 0 Å². The first-order chi connectivity index (χ1) is 11.9. The third-order valence-electron chi connectivity index (χ3n) is 4.84. The Morgan fingerprint density at radius 3 is 2.96 bits per heavy atom. The number of rotatable bonds is 6. The smallest absolute Gasteiger partial charge is 0.227 e. The number of nitrogens with zero attached hydrogens (tertiary/aromatic N) is 3. The first-order valence-corrected chi connectivity index (χ1v) is 10.7. The van der Waals surface area contributed by atoms with Gasteiger partial charge in [0.15, 0.2) is 0 Å². The van der Waals surface area contributed by atoms with Gasteiger partial charge in [0, 0.05) is 25.7 Å². The van der Waals surface area contributed by atoms with Crippen LogP contribution in [-0.4, -0.2) is 48.4 Å². The van der Waals surface area contributed by atoms with Crippen molar-refractivity contribution in [1.29, 1.82) is 0 Å². The summed E-state index contributed by atoms with van der Waals surface area (Å²) in [5, 5.41) is 4.35. The summed E-state index contributed by atoms with van der Waals surface area (Å²) in [6.45, 7) is 1.49. The van der Waals surface area contributed by atoms with Gasteiger partial charge in [-0.15, -0.1) is 0 Å². The summed E-state index contributed by atoms with van der Waals surface area (Å²) in [6.07, 6.45) is 10.7. The van der Waals surface area contributed by atoms with E-state index in [9.17, 15) is 13.2 Å². The quantitative estimate of drug-likeness (QED) is 0.775. The summed E-state index contributed by atoms with van der Waals surface area (Å²) < 4.78 is 27.0. The molecule has 1 unspecified atom stereocenters. The van der Waals surface area contributed by atoms with Crippen LogP contribution in [0.1, 0.15) is 50.3 Å². The fourth-order valence-electron chi connectivity index (χ4n) is 3.57. The Morgan fingerprint density at radius 1 is 1.40 bits per heavy atom. The van der Waals surface area contributed by atoms with Crippen LogP contribution in [0.4, 0.5) is 0 Å². The van der Waals surface area contributed by atoms with Crippen molar-refractivity contribution in [3.63, 3.8) is 0 Å². The molecule has 2 aliphatic rings. The zero-order chi connectivity index (χ0) is 17.9. The van der Waals surface area contributed by atoms with E-state index in [2.05, 4.69) is 15.9 Å². The molecule has 1 N–H and O–H groups in total. The van der Waals surface area contributed by atoms with Gasteiger partial charge < -0.3 is 4.90 Å². The van der Waals surface area contributed by atoms with Gasteiger partial charge in [0.05, 0.1) is 24.5 Å². The normalized spacial score (nSPS) is 20.9. The number of aromatic nitrogens is 2. The molecule has 0 spiro atoms. The molecule has 1 aliphatic heterocycles. The predicted octanol–water partition coefficient (Wildman–Crippen LogP) is 1.60. The fraction of sp³-hybridized carbons (Fsp3) is 0.647. The molecular weight excluding hydrogens is 340 g/mol. The average molecular weight is 366 g/mol. The van der Waals surface area contributed by atoms with Gasteiger partial charge in [0.1, 0.15) is 0 Å². The van der Waals surface area contributed by atoms with Crippen molar-refractivity contribution in [2.45, 2.75) is 51.1 Å². The highest BCUT2D eigenvalue weighted by molar-refractivity contribution is 7.88.